The fourth-order valence-electron chi connectivity index (χ4n) is 3.60. The summed E-state index contributed by atoms with van der Waals surface area (Å²) in [6, 6.07) is 9.61. The number of pyridine rings is 1. The highest BCUT2D eigenvalue weighted by atomic mass is 16.7. The smallest absolute Gasteiger partial charge is 0.231 e. The standard InChI is InChI=1S/C19H15NO4/c1-22-11-3-5-12-10(6-11)2-4-13-18(12)20-15-8-17-16(23-9-24-17)7-14(15)19(13)21/h3,5-8H,2,4,9H2,1H3,(H,20,21). The van der Waals surface area contributed by atoms with Crippen LogP contribution in [-0.2, 0) is 12.8 Å². The number of methoxy groups -OCH3 is 1. The number of aromatic amines is 1. The molecule has 0 radical (unpaired) electrons. The molecule has 5 heteroatoms. The summed E-state index contributed by atoms with van der Waals surface area (Å²) in [5.41, 5.74) is 4.82. The Morgan fingerprint density at radius 2 is 1.92 bits per heavy atom. The fraction of sp³-hybridized carbons (Fsp3) is 0.211. The maximum absolute atomic E-state index is 13.0. The highest BCUT2D eigenvalue weighted by Crippen LogP contribution is 2.38. The molecule has 0 amide bonds. The van der Waals surface area contributed by atoms with Crippen molar-refractivity contribution in [3.63, 3.8) is 0 Å². The molecule has 0 saturated carbocycles. The van der Waals surface area contributed by atoms with Gasteiger partial charge in [0.15, 0.2) is 16.9 Å². The number of hydrogen-bond acceptors (Lipinski definition) is 4. The molecule has 0 unspecified atom stereocenters. The molecule has 0 spiro atoms. The Kier molecular flexibility index (Phi) is 2.68. The fourth-order valence-corrected chi connectivity index (χ4v) is 3.60. The average Bonchev–Trinajstić information content (AvgIpc) is 3.07. The van der Waals surface area contributed by atoms with Crippen molar-refractivity contribution < 1.29 is 14.2 Å². The molecular formula is C19H15NO4. The molecule has 0 bridgehead atoms. The molecule has 5 nitrogen and oxygen atoms in total. The van der Waals surface area contributed by atoms with Gasteiger partial charge >= 0.3 is 0 Å². The first-order chi connectivity index (χ1) is 11.7. The Morgan fingerprint density at radius 1 is 1.08 bits per heavy atom. The van der Waals surface area contributed by atoms with Crippen LogP contribution in [0.25, 0.3) is 22.2 Å². The van der Waals surface area contributed by atoms with Crippen LogP contribution in [0, 0.1) is 0 Å². The van der Waals surface area contributed by atoms with Gasteiger partial charge in [-0.25, -0.2) is 0 Å². The van der Waals surface area contributed by atoms with Crippen LogP contribution in [0.4, 0.5) is 0 Å². The van der Waals surface area contributed by atoms with E-state index >= 15 is 0 Å². The number of aromatic nitrogens is 1. The number of H-pyrrole nitrogens is 1. The van der Waals surface area contributed by atoms with Crippen LogP contribution >= 0.6 is 0 Å². The van der Waals surface area contributed by atoms with Crippen molar-refractivity contribution in [1.82, 2.24) is 4.98 Å². The SMILES string of the molecule is COc1ccc2c(c1)CCc1c-2[nH]c2cc3c(cc2c1=O)OCO3. The summed E-state index contributed by atoms with van der Waals surface area (Å²) in [6.45, 7) is 0.197. The van der Waals surface area contributed by atoms with Gasteiger partial charge in [-0.15, -0.1) is 0 Å². The van der Waals surface area contributed by atoms with Crippen molar-refractivity contribution in [3.8, 4) is 28.5 Å². The van der Waals surface area contributed by atoms with Gasteiger partial charge in [-0.3, -0.25) is 4.79 Å². The van der Waals surface area contributed by atoms with Crippen molar-refractivity contribution in [2.45, 2.75) is 12.8 Å². The molecule has 120 valence electrons. The van der Waals surface area contributed by atoms with E-state index in [0.717, 1.165) is 40.9 Å². The maximum atomic E-state index is 13.0. The highest BCUT2D eigenvalue weighted by molar-refractivity contribution is 5.87. The van der Waals surface area contributed by atoms with Gasteiger partial charge in [-0.1, -0.05) is 0 Å². The zero-order chi connectivity index (χ0) is 16.3. The van der Waals surface area contributed by atoms with E-state index < -0.39 is 0 Å². The number of benzene rings is 2. The molecule has 1 aliphatic heterocycles. The van der Waals surface area contributed by atoms with Gasteiger partial charge in [-0.2, -0.15) is 0 Å². The third kappa shape index (κ3) is 1.78. The minimum atomic E-state index is 0.0681. The quantitative estimate of drug-likeness (QED) is 0.748. The largest absolute Gasteiger partial charge is 0.497 e. The van der Waals surface area contributed by atoms with Gasteiger partial charge < -0.3 is 19.2 Å². The Labute approximate surface area is 137 Å². The van der Waals surface area contributed by atoms with Gasteiger partial charge in [0, 0.05) is 22.6 Å². The molecule has 0 saturated heterocycles. The minimum Gasteiger partial charge on any atom is -0.497 e. The van der Waals surface area contributed by atoms with Crippen LogP contribution in [-0.4, -0.2) is 18.9 Å². The minimum absolute atomic E-state index is 0.0681. The van der Waals surface area contributed by atoms with Crippen LogP contribution in [0.15, 0.2) is 35.1 Å². The first-order valence-electron chi connectivity index (χ1n) is 7.90. The predicted octanol–water partition coefficient (Wildman–Crippen LogP) is 3.03. The molecule has 3 aromatic rings. The van der Waals surface area contributed by atoms with Crippen molar-refractivity contribution >= 4 is 10.9 Å². The van der Waals surface area contributed by atoms with Gasteiger partial charge in [0.25, 0.3) is 0 Å². The summed E-state index contributed by atoms with van der Waals surface area (Å²) in [6.07, 6.45) is 1.55. The van der Waals surface area contributed by atoms with E-state index in [0.29, 0.717) is 16.9 Å². The molecular weight excluding hydrogens is 306 g/mol. The van der Waals surface area contributed by atoms with Crippen LogP contribution in [0.2, 0.25) is 0 Å². The summed E-state index contributed by atoms with van der Waals surface area (Å²) in [5, 5.41) is 0.648. The van der Waals surface area contributed by atoms with Gasteiger partial charge in [-0.05, 0) is 42.7 Å². The van der Waals surface area contributed by atoms with E-state index in [9.17, 15) is 4.79 Å². The summed E-state index contributed by atoms with van der Waals surface area (Å²) >= 11 is 0. The predicted molar refractivity (Wildman–Crippen MR) is 90.1 cm³/mol. The Hall–Kier alpha value is -2.95. The van der Waals surface area contributed by atoms with Crippen molar-refractivity contribution in [3.05, 3.63) is 51.7 Å². The lowest BCUT2D eigenvalue weighted by Gasteiger charge is -2.20. The van der Waals surface area contributed by atoms with E-state index in [1.54, 1.807) is 13.2 Å². The first kappa shape index (κ1) is 13.5. The average molecular weight is 321 g/mol. The highest BCUT2D eigenvalue weighted by Gasteiger charge is 2.23. The number of aryl methyl sites for hydroxylation is 1. The molecule has 1 aliphatic carbocycles. The molecule has 0 fully saturated rings. The topological polar surface area (TPSA) is 60.6 Å². The molecule has 2 aromatic carbocycles. The summed E-state index contributed by atoms with van der Waals surface area (Å²) in [5.74, 6) is 2.14. The first-order valence-corrected chi connectivity index (χ1v) is 7.90. The van der Waals surface area contributed by atoms with Crippen LogP contribution in [0.3, 0.4) is 0 Å². The second-order valence-corrected chi connectivity index (χ2v) is 6.08. The van der Waals surface area contributed by atoms with E-state index in [1.807, 2.05) is 24.3 Å². The third-order valence-electron chi connectivity index (χ3n) is 4.82. The van der Waals surface area contributed by atoms with Crippen molar-refractivity contribution in [1.29, 1.82) is 0 Å². The van der Waals surface area contributed by atoms with E-state index in [4.69, 9.17) is 14.2 Å². The molecule has 2 heterocycles. The lowest BCUT2D eigenvalue weighted by atomic mass is 9.88. The molecule has 1 N–H and O–H groups in total. The van der Waals surface area contributed by atoms with Gasteiger partial charge in [0.05, 0.1) is 18.3 Å². The lowest BCUT2D eigenvalue weighted by molar-refractivity contribution is 0.174. The number of rotatable bonds is 1. The molecule has 2 aliphatic rings. The Morgan fingerprint density at radius 3 is 2.75 bits per heavy atom. The van der Waals surface area contributed by atoms with Crippen molar-refractivity contribution in [2.75, 3.05) is 13.9 Å². The second-order valence-electron chi connectivity index (χ2n) is 6.08. The lowest BCUT2D eigenvalue weighted by Crippen LogP contribution is -2.18. The number of hydrogen-bond donors (Lipinski definition) is 1. The number of ether oxygens (including phenoxy) is 3. The van der Waals surface area contributed by atoms with Crippen LogP contribution < -0.4 is 19.6 Å². The number of fused-ring (bicyclic) bond motifs is 5. The maximum Gasteiger partial charge on any atom is 0.231 e. The summed E-state index contributed by atoms with van der Waals surface area (Å²) in [4.78, 5) is 16.4. The molecule has 1 aromatic heterocycles. The van der Waals surface area contributed by atoms with Crippen LogP contribution in [0.5, 0.6) is 17.2 Å². The van der Waals surface area contributed by atoms with Gasteiger partial charge in [0.1, 0.15) is 5.75 Å². The molecule has 0 atom stereocenters. The van der Waals surface area contributed by atoms with E-state index in [2.05, 4.69) is 4.98 Å². The van der Waals surface area contributed by atoms with E-state index in [1.165, 1.54) is 5.56 Å². The number of nitrogens with one attached hydrogen (secondary N) is 1. The zero-order valence-corrected chi connectivity index (χ0v) is 13.1. The second kappa shape index (κ2) is 4.77. The van der Waals surface area contributed by atoms with Crippen LogP contribution in [0.1, 0.15) is 11.1 Å². The normalized spacial score (nSPS) is 14.4. The molecule has 24 heavy (non-hydrogen) atoms. The monoisotopic (exact) mass is 321 g/mol. The Balaban J connectivity index is 1.80. The zero-order valence-electron chi connectivity index (χ0n) is 13.1. The Bertz CT molecular complexity index is 1050. The third-order valence-corrected chi connectivity index (χ3v) is 4.82. The van der Waals surface area contributed by atoms with E-state index in [-0.39, 0.29) is 12.2 Å². The summed E-state index contributed by atoms with van der Waals surface area (Å²) < 4.78 is 16.1. The summed E-state index contributed by atoms with van der Waals surface area (Å²) in [7, 11) is 1.66. The molecule has 5 rings (SSSR count). The van der Waals surface area contributed by atoms with Gasteiger partial charge in [0.2, 0.25) is 6.79 Å². The van der Waals surface area contributed by atoms with Crippen molar-refractivity contribution in [2.24, 2.45) is 0 Å².